The summed E-state index contributed by atoms with van der Waals surface area (Å²) >= 11 is 0. The molecular formula is C22H23N3O2. The molecule has 1 amide bonds. The standard InChI is InChI=1S/C22H23N3O2/c1-27-21-10-6-5-9-18(21)13-14-23-19-11-12-20(24-16-19)22(26)25-15-17-7-3-2-4-8-17/h2-12,16,23H,13-15H2,1H3,(H,25,26). The van der Waals surface area contributed by atoms with Crippen LogP contribution in [0, 0.1) is 0 Å². The second kappa shape index (κ2) is 9.38. The van der Waals surface area contributed by atoms with E-state index in [0.29, 0.717) is 12.2 Å². The third-order valence-corrected chi connectivity index (χ3v) is 4.21. The number of nitrogens with one attached hydrogen (secondary N) is 2. The van der Waals surface area contributed by atoms with Crippen molar-refractivity contribution in [3.05, 3.63) is 89.7 Å². The van der Waals surface area contributed by atoms with Crippen LogP contribution in [0.25, 0.3) is 0 Å². The number of amides is 1. The number of aromatic nitrogens is 1. The molecule has 0 saturated heterocycles. The number of carbonyl (C=O) groups excluding carboxylic acids is 1. The number of nitrogens with zero attached hydrogens (tertiary/aromatic N) is 1. The largest absolute Gasteiger partial charge is 0.496 e. The maximum absolute atomic E-state index is 12.2. The quantitative estimate of drug-likeness (QED) is 0.642. The van der Waals surface area contributed by atoms with Gasteiger partial charge in [0, 0.05) is 13.1 Å². The zero-order valence-corrected chi connectivity index (χ0v) is 15.3. The lowest BCUT2D eigenvalue weighted by Gasteiger charge is -2.10. The molecule has 0 aliphatic heterocycles. The van der Waals surface area contributed by atoms with Crippen LogP contribution in [-0.4, -0.2) is 24.5 Å². The lowest BCUT2D eigenvalue weighted by molar-refractivity contribution is 0.0946. The van der Waals surface area contributed by atoms with Gasteiger partial charge in [-0.1, -0.05) is 48.5 Å². The van der Waals surface area contributed by atoms with E-state index < -0.39 is 0 Å². The molecule has 0 fully saturated rings. The zero-order chi connectivity index (χ0) is 18.9. The molecule has 5 heteroatoms. The summed E-state index contributed by atoms with van der Waals surface area (Å²) in [5.41, 5.74) is 3.49. The van der Waals surface area contributed by atoms with E-state index in [1.54, 1.807) is 19.4 Å². The topological polar surface area (TPSA) is 63.2 Å². The fraction of sp³-hybridized carbons (Fsp3) is 0.182. The molecule has 0 aliphatic rings. The molecule has 0 radical (unpaired) electrons. The summed E-state index contributed by atoms with van der Waals surface area (Å²) < 4.78 is 5.36. The molecule has 0 aliphatic carbocycles. The van der Waals surface area contributed by atoms with Crippen molar-refractivity contribution in [2.45, 2.75) is 13.0 Å². The van der Waals surface area contributed by atoms with Crippen molar-refractivity contribution in [2.75, 3.05) is 19.0 Å². The first-order chi connectivity index (χ1) is 13.3. The van der Waals surface area contributed by atoms with E-state index in [0.717, 1.165) is 35.5 Å². The second-order valence-electron chi connectivity index (χ2n) is 6.09. The van der Waals surface area contributed by atoms with Crippen molar-refractivity contribution in [3.8, 4) is 5.75 Å². The van der Waals surface area contributed by atoms with Gasteiger partial charge in [0.05, 0.1) is 19.0 Å². The smallest absolute Gasteiger partial charge is 0.270 e. The molecule has 0 atom stereocenters. The number of rotatable bonds is 8. The maximum Gasteiger partial charge on any atom is 0.270 e. The first kappa shape index (κ1) is 18.5. The van der Waals surface area contributed by atoms with Crippen molar-refractivity contribution >= 4 is 11.6 Å². The summed E-state index contributed by atoms with van der Waals surface area (Å²) in [5.74, 6) is 0.710. The lowest BCUT2D eigenvalue weighted by Crippen LogP contribution is -2.23. The molecule has 3 rings (SSSR count). The molecule has 27 heavy (non-hydrogen) atoms. The van der Waals surface area contributed by atoms with Crippen LogP contribution >= 0.6 is 0 Å². The molecule has 1 aromatic heterocycles. The number of benzene rings is 2. The number of pyridine rings is 1. The first-order valence-electron chi connectivity index (χ1n) is 8.90. The van der Waals surface area contributed by atoms with E-state index in [2.05, 4.69) is 21.7 Å². The van der Waals surface area contributed by atoms with E-state index in [9.17, 15) is 4.79 Å². The van der Waals surface area contributed by atoms with Crippen LogP contribution in [0.3, 0.4) is 0 Å². The van der Waals surface area contributed by atoms with Crippen molar-refractivity contribution < 1.29 is 9.53 Å². The first-order valence-corrected chi connectivity index (χ1v) is 8.90. The highest BCUT2D eigenvalue weighted by molar-refractivity contribution is 5.92. The minimum Gasteiger partial charge on any atom is -0.496 e. The van der Waals surface area contributed by atoms with Crippen LogP contribution in [0.5, 0.6) is 5.75 Å². The van der Waals surface area contributed by atoms with Crippen LogP contribution in [0.1, 0.15) is 21.6 Å². The van der Waals surface area contributed by atoms with Gasteiger partial charge < -0.3 is 15.4 Å². The fourth-order valence-corrected chi connectivity index (χ4v) is 2.75. The summed E-state index contributed by atoms with van der Waals surface area (Å²) in [4.78, 5) is 16.4. The van der Waals surface area contributed by atoms with E-state index in [4.69, 9.17) is 4.74 Å². The molecule has 0 saturated carbocycles. The molecule has 138 valence electrons. The van der Waals surface area contributed by atoms with Crippen molar-refractivity contribution in [3.63, 3.8) is 0 Å². The third-order valence-electron chi connectivity index (χ3n) is 4.21. The summed E-state index contributed by atoms with van der Waals surface area (Å²) in [6, 6.07) is 21.4. The molecule has 1 heterocycles. The summed E-state index contributed by atoms with van der Waals surface area (Å²) in [7, 11) is 1.68. The minimum atomic E-state index is -0.181. The zero-order valence-electron chi connectivity index (χ0n) is 15.3. The van der Waals surface area contributed by atoms with E-state index >= 15 is 0 Å². The Labute approximate surface area is 159 Å². The Balaban J connectivity index is 1.49. The average Bonchev–Trinajstić information content (AvgIpc) is 2.73. The Morgan fingerprint density at radius 3 is 2.52 bits per heavy atom. The Kier molecular flexibility index (Phi) is 6.41. The third kappa shape index (κ3) is 5.31. The number of ether oxygens (including phenoxy) is 1. The van der Waals surface area contributed by atoms with Crippen LogP contribution in [0.4, 0.5) is 5.69 Å². The van der Waals surface area contributed by atoms with Crippen LogP contribution in [0.2, 0.25) is 0 Å². The van der Waals surface area contributed by atoms with E-state index in [1.165, 1.54) is 0 Å². The van der Waals surface area contributed by atoms with Crippen molar-refractivity contribution in [1.29, 1.82) is 0 Å². The lowest BCUT2D eigenvalue weighted by atomic mass is 10.1. The summed E-state index contributed by atoms with van der Waals surface area (Å²) in [6.07, 6.45) is 2.52. The highest BCUT2D eigenvalue weighted by atomic mass is 16.5. The number of anilines is 1. The number of hydrogen-bond donors (Lipinski definition) is 2. The van der Waals surface area contributed by atoms with Crippen molar-refractivity contribution in [2.24, 2.45) is 0 Å². The Morgan fingerprint density at radius 1 is 1.00 bits per heavy atom. The molecule has 0 unspecified atom stereocenters. The monoisotopic (exact) mass is 361 g/mol. The molecule has 2 N–H and O–H groups in total. The minimum absolute atomic E-state index is 0.181. The summed E-state index contributed by atoms with van der Waals surface area (Å²) in [6.45, 7) is 1.24. The second-order valence-corrected chi connectivity index (χ2v) is 6.09. The average molecular weight is 361 g/mol. The number of hydrogen-bond acceptors (Lipinski definition) is 4. The van der Waals surface area contributed by atoms with Gasteiger partial charge in [-0.2, -0.15) is 0 Å². The molecule has 2 aromatic carbocycles. The highest BCUT2D eigenvalue weighted by Crippen LogP contribution is 2.18. The van der Waals surface area contributed by atoms with Gasteiger partial charge in [-0.3, -0.25) is 4.79 Å². The van der Waals surface area contributed by atoms with Gasteiger partial charge in [0.2, 0.25) is 0 Å². The van der Waals surface area contributed by atoms with Crippen LogP contribution in [-0.2, 0) is 13.0 Å². The number of para-hydroxylation sites is 1. The van der Waals surface area contributed by atoms with Gasteiger partial charge in [0.1, 0.15) is 11.4 Å². The van der Waals surface area contributed by atoms with Crippen LogP contribution in [0.15, 0.2) is 72.9 Å². The Hall–Kier alpha value is -3.34. The van der Waals surface area contributed by atoms with Crippen LogP contribution < -0.4 is 15.4 Å². The Bertz CT molecular complexity index is 864. The van der Waals surface area contributed by atoms with Gasteiger partial charge in [-0.05, 0) is 35.7 Å². The van der Waals surface area contributed by atoms with Gasteiger partial charge in [-0.25, -0.2) is 4.98 Å². The van der Waals surface area contributed by atoms with E-state index in [-0.39, 0.29) is 5.91 Å². The number of methoxy groups -OCH3 is 1. The van der Waals surface area contributed by atoms with Gasteiger partial charge in [0.25, 0.3) is 5.91 Å². The molecule has 0 bridgehead atoms. The van der Waals surface area contributed by atoms with Gasteiger partial charge in [-0.15, -0.1) is 0 Å². The molecule has 5 nitrogen and oxygen atoms in total. The normalized spacial score (nSPS) is 10.3. The predicted octanol–water partition coefficient (Wildman–Crippen LogP) is 3.67. The highest BCUT2D eigenvalue weighted by Gasteiger charge is 2.07. The van der Waals surface area contributed by atoms with Crippen molar-refractivity contribution in [1.82, 2.24) is 10.3 Å². The molecule has 3 aromatic rings. The van der Waals surface area contributed by atoms with Gasteiger partial charge >= 0.3 is 0 Å². The Morgan fingerprint density at radius 2 is 1.78 bits per heavy atom. The maximum atomic E-state index is 12.2. The summed E-state index contributed by atoms with van der Waals surface area (Å²) in [5, 5.41) is 6.19. The molecular weight excluding hydrogens is 338 g/mol. The van der Waals surface area contributed by atoms with Gasteiger partial charge in [0.15, 0.2) is 0 Å². The number of carbonyl (C=O) groups is 1. The van der Waals surface area contributed by atoms with E-state index in [1.807, 2.05) is 54.6 Å². The fourth-order valence-electron chi connectivity index (χ4n) is 2.75. The molecule has 0 spiro atoms. The predicted molar refractivity (Wildman–Crippen MR) is 107 cm³/mol. The SMILES string of the molecule is COc1ccccc1CCNc1ccc(C(=O)NCc2ccccc2)nc1.